The number of thioether (sulfide) groups is 1. The molecular weight excluding hydrogens is 374 g/mol. The van der Waals surface area contributed by atoms with E-state index in [1.54, 1.807) is 29.4 Å². The number of carbonyl (C=O) groups is 1. The van der Waals surface area contributed by atoms with Crippen LogP contribution in [0.2, 0.25) is 0 Å². The number of amides is 1. The Balaban J connectivity index is 1.33. The molecule has 1 fully saturated rings. The minimum atomic E-state index is -0.131. The topological polar surface area (TPSA) is 46.1 Å². The van der Waals surface area contributed by atoms with Crippen LogP contribution in [0.5, 0.6) is 0 Å². The van der Waals surface area contributed by atoms with Crippen molar-refractivity contribution in [3.05, 3.63) is 53.7 Å². The molecule has 3 heterocycles. The van der Waals surface area contributed by atoms with Gasteiger partial charge >= 0.3 is 0 Å². The van der Waals surface area contributed by atoms with Crippen molar-refractivity contribution in [3.63, 3.8) is 0 Å². The van der Waals surface area contributed by atoms with Crippen LogP contribution in [0, 0.1) is 5.92 Å². The van der Waals surface area contributed by atoms with Crippen molar-refractivity contribution in [2.75, 3.05) is 13.1 Å². The summed E-state index contributed by atoms with van der Waals surface area (Å²) >= 11 is 3.15. The number of carbonyl (C=O) groups excluding carboxylic acids is 1. The van der Waals surface area contributed by atoms with E-state index in [1.165, 1.54) is 5.56 Å². The molecule has 4 rings (SSSR count). The van der Waals surface area contributed by atoms with E-state index < -0.39 is 0 Å². The van der Waals surface area contributed by atoms with E-state index in [1.807, 2.05) is 23.3 Å². The molecule has 140 valence electrons. The molecule has 1 amide bonds. The fourth-order valence-electron chi connectivity index (χ4n) is 3.64. The number of benzene rings is 1. The third-order valence-corrected chi connectivity index (χ3v) is 7.08. The van der Waals surface area contributed by atoms with Crippen molar-refractivity contribution in [1.29, 1.82) is 0 Å². The zero-order valence-electron chi connectivity index (χ0n) is 15.4. The molecule has 0 spiro atoms. The molecule has 3 aromatic rings. The summed E-state index contributed by atoms with van der Waals surface area (Å²) in [6.45, 7) is 3.71. The SMILES string of the molecule is C[C@H](Sc1ncnc2sccc12)C(=O)N1CCC(Cc2ccccc2)CC1. The number of piperidine rings is 1. The van der Waals surface area contributed by atoms with E-state index >= 15 is 0 Å². The second-order valence-corrected chi connectivity index (χ2v) is 9.26. The van der Waals surface area contributed by atoms with E-state index in [-0.39, 0.29) is 11.2 Å². The number of fused-ring (bicyclic) bond motifs is 1. The van der Waals surface area contributed by atoms with Crippen LogP contribution in [0.4, 0.5) is 0 Å². The average molecular weight is 398 g/mol. The lowest BCUT2D eigenvalue weighted by atomic mass is 9.90. The Hall–Kier alpha value is -1.92. The van der Waals surface area contributed by atoms with Gasteiger partial charge in [0.05, 0.1) is 5.25 Å². The van der Waals surface area contributed by atoms with Crippen molar-refractivity contribution >= 4 is 39.2 Å². The molecule has 2 aromatic heterocycles. The number of hydrogen-bond acceptors (Lipinski definition) is 5. The predicted molar refractivity (Wildman–Crippen MR) is 112 cm³/mol. The lowest BCUT2D eigenvalue weighted by Gasteiger charge is -2.33. The molecule has 0 unspecified atom stereocenters. The van der Waals surface area contributed by atoms with Crippen LogP contribution in [-0.2, 0) is 11.2 Å². The Bertz CT molecular complexity index is 904. The number of thiophene rings is 1. The highest BCUT2D eigenvalue weighted by Crippen LogP contribution is 2.31. The molecule has 4 nitrogen and oxygen atoms in total. The van der Waals surface area contributed by atoms with Gasteiger partial charge in [0.15, 0.2) is 0 Å². The predicted octanol–water partition coefficient (Wildman–Crippen LogP) is 4.65. The minimum Gasteiger partial charge on any atom is -0.342 e. The Kier molecular flexibility index (Phi) is 5.74. The van der Waals surface area contributed by atoms with Crippen LogP contribution >= 0.6 is 23.1 Å². The number of rotatable bonds is 5. The molecule has 0 radical (unpaired) electrons. The molecule has 27 heavy (non-hydrogen) atoms. The first kappa shape index (κ1) is 18.4. The summed E-state index contributed by atoms with van der Waals surface area (Å²) in [6, 6.07) is 12.7. The summed E-state index contributed by atoms with van der Waals surface area (Å²) < 4.78 is 0. The maximum Gasteiger partial charge on any atom is 0.235 e. The highest BCUT2D eigenvalue weighted by molar-refractivity contribution is 8.00. The molecule has 1 aliphatic rings. The van der Waals surface area contributed by atoms with Gasteiger partial charge in [-0.1, -0.05) is 42.1 Å². The summed E-state index contributed by atoms with van der Waals surface area (Å²) in [4.78, 5) is 24.6. The second-order valence-electron chi connectivity index (χ2n) is 7.04. The summed E-state index contributed by atoms with van der Waals surface area (Å²) in [7, 11) is 0. The minimum absolute atomic E-state index is 0.131. The van der Waals surface area contributed by atoms with E-state index in [0.717, 1.165) is 47.6 Å². The molecule has 0 aliphatic carbocycles. The third kappa shape index (κ3) is 4.33. The lowest BCUT2D eigenvalue weighted by molar-refractivity contribution is -0.131. The monoisotopic (exact) mass is 397 g/mol. The van der Waals surface area contributed by atoms with Crippen LogP contribution in [0.15, 0.2) is 53.1 Å². The van der Waals surface area contributed by atoms with E-state index in [2.05, 4.69) is 40.3 Å². The molecule has 0 bridgehead atoms. The standard InChI is InChI=1S/C21H23N3OS2/c1-15(27-20-18-9-12-26-19(18)22-14-23-20)21(25)24-10-7-17(8-11-24)13-16-5-3-2-4-6-16/h2-6,9,12,14-15,17H,7-8,10-11,13H2,1H3/t15-/m0/s1. The number of nitrogens with zero attached hydrogens (tertiary/aromatic N) is 3. The first-order valence-corrected chi connectivity index (χ1v) is 11.1. The van der Waals surface area contributed by atoms with Crippen molar-refractivity contribution < 1.29 is 4.79 Å². The van der Waals surface area contributed by atoms with E-state index in [0.29, 0.717) is 5.92 Å². The fraction of sp³-hybridized carbons (Fsp3) is 0.381. The molecule has 0 saturated carbocycles. The van der Waals surface area contributed by atoms with Gasteiger partial charge in [-0.05, 0) is 49.1 Å². The zero-order chi connectivity index (χ0) is 18.6. The summed E-state index contributed by atoms with van der Waals surface area (Å²) in [5, 5.41) is 3.84. The molecule has 1 saturated heterocycles. The molecular formula is C21H23N3OS2. The van der Waals surface area contributed by atoms with Gasteiger partial charge in [0.25, 0.3) is 0 Å². The van der Waals surface area contributed by atoms with Gasteiger partial charge in [0.1, 0.15) is 16.2 Å². The van der Waals surface area contributed by atoms with Gasteiger partial charge in [-0.3, -0.25) is 4.79 Å². The largest absolute Gasteiger partial charge is 0.342 e. The molecule has 6 heteroatoms. The maximum atomic E-state index is 12.9. The van der Waals surface area contributed by atoms with Crippen LogP contribution in [0.3, 0.4) is 0 Å². The highest BCUT2D eigenvalue weighted by atomic mass is 32.2. The maximum absolute atomic E-state index is 12.9. The van der Waals surface area contributed by atoms with Gasteiger partial charge in [-0.25, -0.2) is 9.97 Å². The Morgan fingerprint density at radius 2 is 2.00 bits per heavy atom. The number of hydrogen-bond donors (Lipinski definition) is 0. The highest BCUT2D eigenvalue weighted by Gasteiger charge is 2.27. The smallest absolute Gasteiger partial charge is 0.235 e. The van der Waals surface area contributed by atoms with Crippen molar-refractivity contribution in [3.8, 4) is 0 Å². The van der Waals surface area contributed by atoms with Crippen molar-refractivity contribution in [2.24, 2.45) is 5.92 Å². The second kappa shape index (κ2) is 8.40. The lowest BCUT2D eigenvalue weighted by Crippen LogP contribution is -2.42. The number of likely N-dealkylation sites (tertiary alicyclic amines) is 1. The van der Waals surface area contributed by atoms with Crippen LogP contribution in [0.1, 0.15) is 25.3 Å². The molecule has 0 N–H and O–H groups in total. The summed E-state index contributed by atoms with van der Waals surface area (Å²) in [6.07, 6.45) is 4.87. The molecule has 1 aliphatic heterocycles. The van der Waals surface area contributed by atoms with Gasteiger partial charge in [0, 0.05) is 18.5 Å². The summed E-state index contributed by atoms with van der Waals surface area (Å²) in [5.41, 5.74) is 1.40. The molecule has 1 aromatic carbocycles. The first-order chi connectivity index (χ1) is 13.2. The Morgan fingerprint density at radius 1 is 1.22 bits per heavy atom. The summed E-state index contributed by atoms with van der Waals surface area (Å²) in [5.74, 6) is 0.895. The quantitative estimate of drug-likeness (QED) is 0.464. The van der Waals surface area contributed by atoms with Crippen LogP contribution < -0.4 is 0 Å². The normalized spacial score (nSPS) is 16.6. The zero-order valence-corrected chi connectivity index (χ0v) is 17.0. The van der Waals surface area contributed by atoms with Crippen LogP contribution in [0.25, 0.3) is 10.2 Å². The van der Waals surface area contributed by atoms with E-state index in [4.69, 9.17) is 0 Å². The third-order valence-electron chi connectivity index (χ3n) is 5.15. The van der Waals surface area contributed by atoms with Crippen molar-refractivity contribution in [2.45, 2.75) is 36.5 Å². The average Bonchev–Trinajstić information content (AvgIpc) is 3.19. The van der Waals surface area contributed by atoms with Gasteiger partial charge in [-0.2, -0.15) is 0 Å². The Labute approximate surface area is 168 Å². The fourth-order valence-corrected chi connectivity index (χ4v) is 5.42. The van der Waals surface area contributed by atoms with Crippen molar-refractivity contribution in [1.82, 2.24) is 14.9 Å². The van der Waals surface area contributed by atoms with Gasteiger partial charge < -0.3 is 4.90 Å². The van der Waals surface area contributed by atoms with Gasteiger partial charge in [0.2, 0.25) is 5.91 Å². The molecule has 1 atom stereocenters. The van der Waals surface area contributed by atoms with Gasteiger partial charge in [-0.15, -0.1) is 11.3 Å². The van der Waals surface area contributed by atoms with Crippen LogP contribution in [-0.4, -0.2) is 39.1 Å². The first-order valence-electron chi connectivity index (χ1n) is 9.38. The van der Waals surface area contributed by atoms with E-state index in [9.17, 15) is 4.79 Å². The number of aromatic nitrogens is 2. The Morgan fingerprint density at radius 3 is 2.78 bits per heavy atom.